The number of amides is 1. The molecule has 1 atom stereocenters. The highest BCUT2D eigenvalue weighted by Gasteiger charge is 2.46. The Morgan fingerprint density at radius 3 is 2.70 bits per heavy atom. The van der Waals surface area contributed by atoms with Crippen molar-refractivity contribution < 1.29 is 14.7 Å². The minimum atomic E-state index is -1.84. The normalized spacial score (nSPS) is 19.7. The molecule has 0 spiro atoms. The summed E-state index contributed by atoms with van der Waals surface area (Å²) in [7, 11) is 0. The van der Waals surface area contributed by atoms with Gasteiger partial charge < -0.3 is 10.4 Å². The van der Waals surface area contributed by atoms with Crippen molar-refractivity contribution in [3.05, 3.63) is 70.2 Å². The number of hydrogen-bond acceptors (Lipinski definition) is 3. The quantitative estimate of drug-likeness (QED) is 0.810. The summed E-state index contributed by atoms with van der Waals surface area (Å²) in [5, 5.41) is 13.3. The molecule has 0 aliphatic carbocycles. The highest BCUT2D eigenvalue weighted by molar-refractivity contribution is 9.10. The van der Waals surface area contributed by atoms with Crippen LogP contribution in [0.25, 0.3) is 6.08 Å². The molecular weight excluding hydrogens is 358 g/mol. The number of carbonyl (C=O) groups excluding carboxylic acids is 2. The van der Waals surface area contributed by atoms with Gasteiger partial charge in [-0.05, 0) is 29.8 Å². The van der Waals surface area contributed by atoms with E-state index in [-0.39, 0.29) is 12.2 Å². The Morgan fingerprint density at radius 2 is 1.96 bits per heavy atom. The van der Waals surface area contributed by atoms with Crippen molar-refractivity contribution in [2.45, 2.75) is 12.0 Å². The number of hydrogen-bond donors (Lipinski definition) is 2. The van der Waals surface area contributed by atoms with Crippen molar-refractivity contribution in [3.8, 4) is 0 Å². The van der Waals surface area contributed by atoms with Crippen LogP contribution in [-0.4, -0.2) is 16.8 Å². The van der Waals surface area contributed by atoms with Gasteiger partial charge in [0.25, 0.3) is 5.91 Å². The van der Waals surface area contributed by atoms with Gasteiger partial charge in [0.15, 0.2) is 11.4 Å². The van der Waals surface area contributed by atoms with Gasteiger partial charge in [-0.1, -0.05) is 52.3 Å². The number of nitrogens with one attached hydrogen (secondary N) is 1. The maximum absolute atomic E-state index is 12.2. The van der Waals surface area contributed by atoms with E-state index in [1.165, 1.54) is 6.08 Å². The van der Waals surface area contributed by atoms with Crippen molar-refractivity contribution in [1.29, 1.82) is 0 Å². The molecule has 3 rings (SSSR count). The van der Waals surface area contributed by atoms with Crippen molar-refractivity contribution in [2.75, 3.05) is 5.32 Å². The van der Waals surface area contributed by atoms with Crippen LogP contribution in [-0.2, 0) is 15.2 Å². The molecule has 1 amide bonds. The zero-order valence-electron chi connectivity index (χ0n) is 12.1. The van der Waals surface area contributed by atoms with E-state index >= 15 is 0 Å². The van der Waals surface area contributed by atoms with Gasteiger partial charge in [-0.2, -0.15) is 0 Å². The molecule has 1 aliphatic heterocycles. The number of carbonyl (C=O) groups is 2. The first kappa shape index (κ1) is 15.6. The van der Waals surface area contributed by atoms with Crippen LogP contribution < -0.4 is 5.32 Å². The van der Waals surface area contributed by atoms with Crippen molar-refractivity contribution in [1.82, 2.24) is 0 Å². The number of anilines is 1. The predicted molar refractivity (Wildman–Crippen MR) is 91.8 cm³/mol. The van der Waals surface area contributed by atoms with E-state index in [1.807, 2.05) is 30.3 Å². The average Bonchev–Trinajstić information content (AvgIpc) is 2.78. The van der Waals surface area contributed by atoms with Gasteiger partial charge in [-0.15, -0.1) is 0 Å². The number of benzene rings is 2. The Kier molecular flexibility index (Phi) is 4.15. The highest BCUT2D eigenvalue weighted by Crippen LogP contribution is 2.39. The Morgan fingerprint density at radius 1 is 1.22 bits per heavy atom. The summed E-state index contributed by atoms with van der Waals surface area (Å²) in [6.07, 6.45) is 2.75. The molecule has 0 radical (unpaired) electrons. The molecule has 2 aromatic rings. The first-order valence-electron chi connectivity index (χ1n) is 7.09. The fraction of sp³-hybridized carbons (Fsp3) is 0.111. The molecule has 0 aromatic heterocycles. The summed E-state index contributed by atoms with van der Waals surface area (Å²) in [5.74, 6) is -0.897. The van der Waals surface area contributed by atoms with E-state index in [2.05, 4.69) is 21.2 Å². The molecule has 2 N–H and O–H groups in total. The minimum Gasteiger partial charge on any atom is -0.375 e. The molecule has 0 bridgehead atoms. The lowest BCUT2D eigenvalue weighted by molar-refractivity contribution is -0.138. The minimum absolute atomic E-state index is 0.300. The molecule has 4 nitrogen and oxygen atoms in total. The Bertz CT molecular complexity index is 801. The topological polar surface area (TPSA) is 66.4 Å². The van der Waals surface area contributed by atoms with Crippen molar-refractivity contribution >= 4 is 39.4 Å². The third kappa shape index (κ3) is 3.11. The van der Waals surface area contributed by atoms with Gasteiger partial charge in [0.05, 0.1) is 6.42 Å². The SMILES string of the molecule is O=C(/C=C/c1ccccc1)C[C@]1(O)C(=O)Nc2ccc(Br)cc21. The van der Waals surface area contributed by atoms with Crippen LogP contribution >= 0.6 is 15.9 Å². The Balaban J connectivity index is 1.82. The third-order valence-electron chi connectivity index (χ3n) is 3.74. The maximum Gasteiger partial charge on any atom is 0.261 e. The summed E-state index contributed by atoms with van der Waals surface area (Å²) < 4.78 is 0.735. The van der Waals surface area contributed by atoms with Crippen LogP contribution in [0.15, 0.2) is 59.1 Å². The van der Waals surface area contributed by atoms with E-state index in [9.17, 15) is 14.7 Å². The van der Waals surface area contributed by atoms with Gasteiger partial charge >= 0.3 is 0 Å². The van der Waals surface area contributed by atoms with E-state index in [4.69, 9.17) is 0 Å². The zero-order valence-corrected chi connectivity index (χ0v) is 13.7. The Hall–Kier alpha value is -2.24. The first-order chi connectivity index (χ1) is 11.0. The van der Waals surface area contributed by atoms with Gasteiger partial charge in [0.2, 0.25) is 0 Å². The third-order valence-corrected chi connectivity index (χ3v) is 4.24. The number of aliphatic hydroxyl groups is 1. The molecule has 23 heavy (non-hydrogen) atoms. The summed E-state index contributed by atoms with van der Waals surface area (Å²) in [5.41, 5.74) is -0.0113. The van der Waals surface area contributed by atoms with E-state index in [0.29, 0.717) is 11.3 Å². The number of rotatable bonds is 4. The second-order valence-electron chi connectivity index (χ2n) is 5.39. The van der Waals surface area contributed by atoms with Gasteiger partial charge in [-0.3, -0.25) is 9.59 Å². The van der Waals surface area contributed by atoms with Gasteiger partial charge in [0, 0.05) is 15.7 Å². The van der Waals surface area contributed by atoms with Gasteiger partial charge in [0.1, 0.15) is 0 Å². The standard InChI is InChI=1S/C18H14BrNO3/c19-13-7-9-16-15(10-13)18(23,17(22)20-16)11-14(21)8-6-12-4-2-1-3-5-12/h1-10,23H,11H2,(H,20,22)/b8-6+/t18-/m1/s1. The fourth-order valence-corrected chi connectivity index (χ4v) is 2.92. The summed E-state index contributed by atoms with van der Waals surface area (Å²) in [6.45, 7) is 0. The highest BCUT2D eigenvalue weighted by atomic mass is 79.9. The van der Waals surface area contributed by atoms with E-state index in [1.54, 1.807) is 24.3 Å². The van der Waals surface area contributed by atoms with E-state index < -0.39 is 11.5 Å². The fourth-order valence-electron chi connectivity index (χ4n) is 2.56. The number of allylic oxidation sites excluding steroid dienone is 1. The van der Waals surface area contributed by atoms with Crippen LogP contribution in [0.5, 0.6) is 0 Å². The van der Waals surface area contributed by atoms with Crippen LogP contribution in [0.1, 0.15) is 17.5 Å². The zero-order chi connectivity index (χ0) is 16.4. The average molecular weight is 372 g/mol. The van der Waals surface area contributed by atoms with Crippen molar-refractivity contribution in [3.63, 3.8) is 0 Å². The Labute approximate surface area is 142 Å². The van der Waals surface area contributed by atoms with Crippen LogP contribution in [0.4, 0.5) is 5.69 Å². The van der Waals surface area contributed by atoms with Gasteiger partial charge in [-0.25, -0.2) is 0 Å². The van der Waals surface area contributed by atoms with E-state index in [0.717, 1.165) is 10.0 Å². The predicted octanol–water partition coefficient (Wildman–Crippen LogP) is 3.26. The molecule has 5 heteroatoms. The first-order valence-corrected chi connectivity index (χ1v) is 7.88. The molecule has 0 fully saturated rings. The lowest BCUT2D eigenvalue weighted by Crippen LogP contribution is -2.36. The molecule has 1 aliphatic rings. The molecule has 0 unspecified atom stereocenters. The number of ketones is 1. The molecule has 0 saturated heterocycles. The maximum atomic E-state index is 12.2. The number of halogens is 1. The lowest BCUT2D eigenvalue weighted by atomic mass is 9.90. The molecule has 1 heterocycles. The second kappa shape index (κ2) is 6.10. The summed E-state index contributed by atoms with van der Waals surface area (Å²) in [4.78, 5) is 24.3. The largest absolute Gasteiger partial charge is 0.375 e. The van der Waals surface area contributed by atoms with Crippen LogP contribution in [0.2, 0.25) is 0 Å². The molecule has 0 saturated carbocycles. The summed E-state index contributed by atoms with van der Waals surface area (Å²) >= 11 is 3.31. The molecule has 116 valence electrons. The van der Waals surface area contributed by atoms with Crippen molar-refractivity contribution in [2.24, 2.45) is 0 Å². The van der Waals surface area contributed by atoms with Crippen LogP contribution in [0.3, 0.4) is 0 Å². The smallest absolute Gasteiger partial charge is 0.261 e. The second-order valence-corrected chi connectivity index (χ2v) is 6.31. The molecular formula is C18H14BrNO3. The summed E-state index contributed by atoms with van der Waals surface area (Å²) in [6, 6.07) is 14.5. The monoisotopic (exact) mass is 371 g/mol. The molecule has 2 aromatic carbocycles. The van der Waals surface area contributed by atoms with Crippen LogP contribution in [0, 0.1) is 0 Å². The number of fused-ring (bicyclic) bond motifs is 1. The lowest BCUT2D eigenvalue weighted by Gasteiger charge is -2.19.